The molecule has 0 spiro atoms. The highest BCUT2D eigenvalue weighted by Gasteiger charge is 2.23. The van der Waals surface area contributed by atoms with Crippen LogP contribution < -0.4 is 10.2 Å². The van der Waals surface area contributed by atoms with Crippen LogP contribution in [0.1, 0.15) is 5.56 Å². The van der Waals surface area contributed by atoms with Crippen LogP contribution in [0.2, 0.25) is 0 Å². The van der Waals surface area contributed by atoms with Gasteiger partial charge in [0.2, 0.25) is 15.9 Å². The number of carbonyl (C=O) groups excluding carboxylic acids is 1. The van der Waals surface area contributed by atoms with Gasteiger partial charge in [0, 0.05) is 57.9 Å². The summed E-state index contributed by atoms with van der Waals surface area (Å²) >= 11 is 0. The average Bonchev–Trinajstić information content (AvgIpc) is 2.73. The van der Waals surface area contributed by atoms with E-state index < -0.39 is 10.0 Å². The Bertz CT molecular complexity index is 928. The van der Waals surface area contributed by atoms with Gasteiger partial charge in [-0.3, -0.25) is 9.78 Å². The van der Waals surface area contributed by atoms with Crippen LogP contribution in [-0.4, -0.2) is 75.3 Å². The summed E-state index contributed by atoms with van der Waals surface area (Å²) in [5.41, 5.74) is 2.13. The van der Waals surface area contributed by atoms with Crippen molar-refractivity contribution in [1.82, 2.24) is 19.5 Å². The zero-order valence-corrected chi connectivity index (χ0v) is 17.6. The number of nitrogens with zero attached hydrogens (tertiary/aromatic N) is 4. The van der Waals surface area contributed by atoms with Gasteiger partial charge in [-0.15, -0.1) is 0 Å². The maximum Gasteiger partial charge on any atom is 0.244 e. The lowest BCUT2D eigenvalue weighted by atomic mass is 10.1. The summed E-state index contributed by atoms with van der Waals surface area (Å²) in [4.78, 5) is 20.9. The first kappa shape index (κ1) is 21.2. The molecule has 29 heavy (non-hydrogen) atoms. The monoisotopic (exact) mass is 417 g/mol. The first-order valence-electron chi connectivity index (χ1n) is 9.52. The largest absolute Gasteiger partial charge is 0.369 e. The molecular formula is C20H27N5O3S. The number of likely N-dealkylation sites (N-methyl/N-ethyl adjacent to an activating group) is 2. The second-order valence-electron chi connectivity index (χ2n) is 7.15. The number of carbonyl (C=O) groups is 1. The molecule has 0 unspecified atom stereocenters. The highest BCUT2D eigenvalue weighted by Crippen LogP contribution is 2.21. The van der Waals surface area contributed by atoms with Crippen molar-refractivity contribution in [1.29, 1.82) is 0 Å². The summed E-state index contributed by atoms with van der Waals surface area (Å²) in [5, 5.41) is 2.84. The van der Waals surface area contributed by atoms with Gasteiger partial charge in [0.25, 0.3) is 0 Å². The number of hydrogen-bond acceptors (Lipinski definition) is 6. The van der Waals surface area contributed by atoms with E-state index in [1.165, 1.54) is 25.5 Å². The normalized spacial score (nSPS) is 15.5. The Morgan fingerprint density at radius 2 is 1.86 bits per heavy atom. The molecule has 1 aromatic carbocycles. The lowest BCUT2D eigenvalue weighted by molar-refractivity contribution is -0.121. The van der Waals surface area contributed by atoms with Crippen LogP contribution in [0.15, 0.2) is 53.7 Å². The van der Waals surface area contributed by atoms with Crippen LogP contribution in [0.3, 0.4) is 0 Å². The quantitative estimate of drug-likeness (QED) is 0.716. The number of nitrogens with one attached hydrogen (secondary N) is 1. The van der Waals surface area contributed by atoms with Crippen LogP contribution in [0.5, 0.6) is 0 Å². The fourth-order valence-electron chi connectivity index (χ4n) is 3.23. The fourth-order valence-corrected chi connectivity index (χ4v) is 4.32. The highest BCUT2D eigenvalue weighted by molar-refractivity contribution is 7.89. The predicted molar refractivity (Wildman–Crippen MR) is 112 cm³/mol. The van der Waals surface area contributed by atoms with Crippen molar-refractivity contribution in [2.24, 2.45) is 0 Å². The van der Waals surface area contributed by atoms with E-state index in [1.54, 1.807) is 6.07 Å². The molecular weight excluding hydrogens is 390 g/mol. The molecule has 1 fully saturated rings. The van der Waals surface area contributed by atoms with Crippen LogP contribution in [0.4, 0.5) is 5.69 Å². The molecule has 1 aliphatic rings. The number of sulfonamides is 1. The zero-order chi connectivity index (χ0) is 20.9. The van der Waals surface area contributed by atoms with Gasteiger partial charge in [-0.05, 0) is 30.8 Å². The van der Waals surface area contributed by atoms with Gasteiger partial charge < -0.3 is 15.1 Å². The molecule has 1 N–H and O–H groups in total. The summed E-state index contributed by atoms with van der Waals surface area (Å²) in [7, 11) is -0.251. The number of hydrogen-bond donors (Lipinski definition) is 1. The average molecular weight is 418 g/mol. The molecule has 2 heterocycles. The summed E-state index contributed by atoms with van der Waals surface area (Å²) in [5.74, 6) is -0.354. The fraction of sp³-hybridized carbons (Fsp3) is 0.400. The van der Waals surface area contributed by atoms with Gasteiger partial charge in [0.1, 0.15) is 4.90 Å². The number of pyridine rings is 1. The van der Waals surface area contributed by atoms with Gasteiger partial charge >= 0.3 is 0 Å². The highest BCUT2D eigenvalue weighted by atomic mass is 32.2. The van der Waals surface area contributed by atoms with Crippen LogP contribution in [0.25, 0.3) is 0 Å². The molecule has 0 aliphatic carbocycles. The summed E-state index contributed by atoms with van der Waals surface area (Å²) in [6.07, 6.45) is 2.78. The molecule has 0 saturated carbocycles. The van der Waals surface area contributed by atoms with Crippen LogP contribution in [0, 0.1) is 0 Å². The maximum absolute atomic E-state index is 12.5. The number of piperazine rings is 1. The minimum Gasteiger partial charge on any atom is -0.369 e. The minimum atomic E-state index is -3.75. The van der Waals surface area contributed by atoms with Crippen molar-refractivity contribution in [3.8, 4) is 0 Å². The first-order valence-corrected chi connectivity index (χ1v) is 11.0. The Hall–Kier alpha value is -2.49. The van der Waals surface area contributed by atoms with E-state index in [-0.39, 0.29) is 17.3 Å². The maximum atomic E-state index is 12.5. The van der Waals surface area contributed by atoms with Crippen LogP contribution >= 0.6 is 0 Å². The molecule has 9 heteroatoms. The summed E-state index contributed by atoms with van der Waals surface area (Å²) in [6, 6.07) is 11.0. The van der Waals surface area contributed by atoms with E-state index in [0.29, 0.717) is 6.54 Å². The Balaban J connectivity index is 1.60. The Morgan fingerprint density at radius 3 is 2.55 bits per heavy atom. The van der Waals surface area contributed by atoms with E-state index in [1.807, 2.05) is 18.2 Å². The number of rotatable bonds is 7. The molecule has 0 radical (unpaired) electrons. The van der Waals surface area contributed by atoms with E-state index in [0.717, 1.165) is 41.7 Å². The molecule has 1 aliphatic heterocycles. The number of aromatic nitrogens is 1. The number of amides is 1. The number of anilines is 1. The Morgan fingerprint density at radius 1 is 1.14 bits per heavy atom. The van der Waals surface area contributed by atoms with Gasteiger partial charge in [-0.1, -0.05) is 18.2 Å². The van der Waals surface area contributed by atoms with E-state index in [9.17, 15) is 13.2 Å². The SMILES string of the molecule is CN1CCN(c2ccccc2CNC(=O)CN(C)S(=O)(=O)c2cccnc2)CC1. The molecule has 3 rings (SSSR count). The third-order valence-electron chi connectivity index (χ3n) is 5.02. The molecule has 1 saturated heterocycles. The second kappa shape index (κ2) is 9.34. The molecule has 2 aromatic rings. The van der Waals surface area contributed by atoms with Crippen molar-refractivity contribution < 1.29 is 13.2 Å². The third-order valence-corrected chi connectivity index (χ3v) is 6.81. The third kappa shape index (κ3) is 5.31. The molecule has 0 atom stereocenters. The lowest BCUT2D eigenvalue weighted by Gasteiger charge is -2.35. The van der Waals surface area contributed by atoms with Crippen molar-refractivity contribution in [2.45, 2.75) is 11.4 Å². The van der Waals surface area contributed by atoms with Gasteiger partial charge in [-0.2, -0.15) is 4.31 Å². The lowest BCUT2D eigenvalue weighted by Crippen LogP contribution is -2.45. The van der Waals surface area contributed by atoms with Gasteiger partial charge in [0.05, 0.1) is 6.54 Å². The van der Waals surface area contributed by atoms with Crippen molar-refractivity contribution in [2.75, 3.05) is 51.7 Å². The van der Waals surface area contributed by atoms with Gasteiger partial charge in [-0.25, -0.2) is 8.42 Å². The smallest absolute Gasteiger partial charge is 0.244 e. The van der Waals surface area contributed by atoms with E-state index >= 15 is 0 Å². The number of para-hydroxylation sites is 1. The zero-order valence-electron chi connectivity index (χ0n) is 16.8. The van der Waals surface area contributed by atoms with Crippen molar-refractivity contribution >= 4 is 21.6 Å². The van der Waals surface area contributed by atoms with E-state index in [4.69, 9.17) is 0 Å². The molecule has 0 bridgehead atoms. The predicted octanol–water partition coefficient (Wildman–Crippen LogP) is 0.770. The van der Waals surface area contributed by atoms with Crippen LogP contribution in [-0.2, 0) is 21.4 Å². The topological polar surface area (TPSA) is 85.9 Å². The second-order valence-corrected chi connectivity index (χ2v) is 9.19. The molecule has 1 amide bonds. The minimum absolute atomic E-state index is 0.0655. The molecule has 156 valence electrons. The number of benzene rings is 1. The Kier molecular flexibility index (Phi) is 6.83. The molecule has 1 aromatic heterocycles. The summed E-state index contributed by atoms with van der Waals surface area (Å²) in [6.45, 7) is 3.96. The molecule has 8 nitrogen and oxygen atoms in total. The van der Waals surface area contributed by atoms with Gasteiger partial charge in [0.15, 0.2) is 0 Å². The summed E-state index contributed by atoms with van der Waals surface area (Å²) < 4.78 is 26.1. The van der Waals surface area contributed by atoms with E-state index in [2.05, 4.69) is 33.2 Å². The van der Waals surface area contributed by atoms with Crippen molar-refractivity contribution in [3.05, 3.63) is 54.4 Å². The standard InChI is InChI=1S/C20H27N5O3S/c1-23-10-12-25(13-11-23)19-8-4-3-6-17(19)14-22-20(26)16-24(2)29(27,28)18-7-5-9-21-15-18/h3-9,15H,10-14,16H2,1-2H3,(H,22,26). The Labute approximate surface area is 172 Å². The van der Waals surface area contributed by atoms with Crippen molar-refractivity contribution in [3.63, 3.8) is 0 Å². The first-order chi connectivity index (χ1) is 13.9.